The molecule has 13 heavy (non-hydrogen) atoms. The van der Waals surface area contributed by atoms with E-state index >= 15 is 0 Å². The third kappa shape index (κ3) is 1.70. The molecule has 0 unspecified atom stereocenters. The van der Waals surface area contributed by atoms with Crippen LogP contribution in [0, 0.1) is 3.95 Å². The zero-order valence-corrected chi connectivity index (χ0v) is 8.61. The van der Waals surface area contributed by atoms with Crippen LogP contribution in [0.4, 0.5) is 0 Å². The van der Waals surface area contributed by atoms with Crippen molar-refractivity contribution in [1.82, 2.24) is 4.68 Å². The van der Waals surface area contributed by atoms with Gasteiger partial charge in [0, 0.05) is 0 Å². The lowest BCUT2D eigenvalue weighted by Gasteiger charge is -2.29. The van der Waals surface area contributed by atoms with E-state index in [0.29, 0.717) is 17.2 Å². The van der Waals surface area contributed by atoms with Gasteiger partial charge in [-0.1, -0.05) is 0 Å². The van der Waals surface area contributed by atoms with E-state index in [1.807, 2.05) is 5.01 Å². The quantitative estimate of drug-likeness (QED) is 0.712. The van der Waals surface area contributed by atoms with E-state index in [9.17, 15) is 5.11 Å². The van der Waals surface area contributed by atoms with E-state index in [0.717, 1.165) is 13.1 Å². The second-order valence-electron chi connectivity index (χ2n) is 2.74. The summed E-state index contributed by atoms with van der Waals surface area (Å²) in [6.07, 6.45) is 0. The molecule has 1 aromatic heterocycles. The van der Waals surface area contributed by atoms with Gasteiger partial charge in [-0.3, -0.25) is 0 Å². The Bertz CT molecular complexity index is 341. The smallest absolute Gasteiger partial charge is 0.222 e. The number of aromatic hydroxyl groups is 1. The van der Waals surface area contributed by atoms with Crippen LogP contribution in [-0.4, -0.2) is 36.1 Å². The summed E-state index contributed by atoms with van der Waals surface area (Å²) in [5.74, 6) is 0.219. The summed E-state index contributed by atoms with van der Waals surface area (Å²) in [7, 11) is 0. The van der Waals surface area contributed by atoms with Crippen molar-refractivity contribution in [3.63, 3.8) is 0 Å². The van der Waals surface area contributed by atoms with Gasteiger partial charge < -0.3 is 14.9 Å². The van der Waals surface area contributed by atoms with Crippen molar-refractivity contribution in [2.45, 2.75) is 0 Å². The van der Waals surface area contributed by atoms with Crippen molar-refractivity contribution in [2.75, 3.05) is 31.3 Å². The van der Waals surface area contributed by atoms with Crippen molar-refractivity contribution >= 4 is 23.6 Å². The van der Waals surface area contributed by atoms with E-state index in [1.165, 1.54) is 11.3 Å². The highest BCUT2D eigenvalue weighted by Gasteiger charge is 2.14. The molecule has 1 aliphatic heterocycles. The average molecular weight is 218 g/mol. The number of ether oxygens (including phenoxy) is 1. The van der Waals surface area contributed by atoms with Crippen LogP contribution >= 0.6 is 23.6 Å². The molecule has 0 saturated carbocycles. The highest BCUT2D eigenvalue weighted by molar-refractivity contribution is 7.73. The molecule has 72 valence electrons. The first-order chi connectivity index (χ1) is 6.29. The molecule has 0 radical (unpaired) electrons. The summed E-state index contributed by atoms with van der Waals surface area (Å²) in [6.45, 7) is 2.94. The molecule has 2 heterocycles. The van der Waals surface area contributed by atoms with Gasteiger partial charge in [-0.25, -0.2) is 4.68 Å². The number of rotatable bonds is 1. The second-order valence-corrected chi connectivity index (χ2v) is 4.24. The first kappa shape index (κ1) is 8.98. The standard InChI is InChI=1S/C7H10N2O2S2/c10-6-5-13-7(12)9(6)8-1-3-11-4-2-8/h5,10H,1-4H2. The van der Waals surface area contributed by atoms with Crippen molar-refractivity contribution in [3.8, 4) is 5.88 Å². The normalized spacial score (nSPS) is 17.7. The van der Waals surface area contributed by atoms with Gasteiger partial charge in [-0.15, -0.1) is 11.3 Å². The van der Waals surface area contributed by atoms with Gasteiger partial charge >= 0.3 is 0 Å². The fraction of sp³-hybridized carbons (Fsp3) is 0.571. The van der Waals surface area contributed by atoms with Crippen LogP contribution in [0.5, 0.6) is 5.88 Å². The summed E-state index contributed by atoms with van der Waals surface area (Å²) in [6, 6.07) is 0. The Balaban J connectivity index is 2.27. The number of morpholine rings is 1. The lowest BCUT2D eigenvalue weighted by molar-refractivity contribution is 0.109. The molecule has 1 saturated heterocycles. The molecule has 6 heteroatoms. The van der Waals surface area contributed by atoms with Gasteiger partial charge in [0.25, 0.3) is 0 Å². The molecule has 0 amide bonds. The predicted molar refractivity (Wildman–Crippen MR) is 53.6 cm³/mol. The molecule has 1 fully saturated rings. The van der Waals surface area contributed by atoms with Crippen LogP contribution in [0.25, 0.3) is 0 Å². The van der Waals surface area contributed by atoms with Crippen LogP contribution in [-0.2, 0) is 4.74 Å². The molecule has 0 spiro atoms. The Morgan fingerprint density at radius 1 is 1.46 bits per heavy atom. The monoisotopic (exact) mass is 218 g/mol. The fourth-order valence-corrected chi connectivity index (χ4v) is 2.28. The topological polar surface area (TPSA) is 37.6 Å². The molecule has 0 aromatic carbocycles. The van der Waals surface area contributed by atoms with Crippen molar-refractivity contribution in [3.05, 3.63) is 9.33 Å². The van der Waals surface area contributed by atoms with Crippen LogP contribution < -0.4 is 5.01 Å². The third-order valence-electron chi connectivity index (χ3n) is 1.93. The first-order valence-electron chi connectivity index (χ1n) is 4.01. The van der Waals surface area contributed by atoms with Crippen molar-refractivity contribution in [1.29, 1.82) is 0 Å². The molecule has 1 aromatic rings. The average Bonchev–Trinajstić information content (AvgIpc) is 2.48. The first-order valence-corrected chi connectivity index (χ1v) is 5.30. The van der Waals surface area contributed by atoms with Gasteiger partial charge in [0.2, 0.25) is 5.88 Å². The Morgan fingerprint density at radius 2 is 2.15 bits per heavy atom. The third-order valence-corrected chi connectivity index (χ3v) is 3.09. The molecule has 1 N–H and O–H groups in total. The SMILES string of the molecule is Oc1csc(=S)n1N1CCOCC1. The minimum atomic E-state index is 0.219. The Labute approximate surface area is 85.0 Å². The van der Waals surface area contributed by atoms with E-state index < -0.39 is 0 Å². The summed E-state index contributed by atoms with van der Waals surface area (Å²) in [4.78, 5) is 0. The van der Waals surface area contributed by atoms with E-state index in [1.54, 1.807) is 10.1 Å². The predicted octanol–water partition coefficient (Wildman–Crippen LogP) is 0.953. The number of thiazole rings is 1. The van der Waals surface area contributed by atoms with Crippen LogP contribution in [0.1, 0.15) is 0 Å². The molecule has 2 rings (SSSR count). The zero-order chi connectivity index (χ0) is 9.26. The number of hydrogen-bond acceptors (Lipinski definition) is 5. The Morgan fingerprint density at radius 3 is 2.69 bits per heavy atom. The molecule has 0 aliphatic carbocycles. The highest BCUT2D eigenvalue weighted by Crippen LogP contribution is 2.17. The number of aromatic nitrogens is 1. The molecule has 1 aliphatic rings. The lowest BCUT2D eigenvalue weighted by atomic mass is 10.5. The summed E-state index contributed by atoms with van der Waals surface area (Å²) < 4.78 is 7.56. The Kier molecular flexibility index (Phi) is 2.52. The lowest BCUT2D eigenvalue weighted by Crippen LogP contribution is -2.43. The van der Waals surface area contributed by atoms with Crippen LogP contribution in [0.2, 0.25) is 0 Å². The van der Waals surface area contributed by atoms with Crippen molar-refractivity contribution < 1.29 is 9.84 Å². The van der Waals surface area contributed by atoms with Gasteiger partial charge in [0.05, 0.1) is 31.7 Å². The maximum Gasteiger partial charge on any atom is 0.222 e. The molecule has 4 nitrogen and oxygen atoms in total. The van der Waals surface area contributed by atoms with Gasteiger partial charge in [0.15, 0.2) is 3.95 Å². The van der Waals surface area contributed by atoms with Gasteiger partial charge in [-0.05, 0) is 12.2 Å². The largest absolute Gasteiger partial charge is 0.493 e. The maximum atomic E-state index is 9.51. The molecule has 0 atom stereocenters. The van der Waals surface area contributed by atoms with Gasteiger partial charge in [-0.2, -0.15) is 0 Å². The zero-order valence-electron chi connectivity index (χ0n) is 6.97. The molecule has 0 bridgehead atoms. The molecular weight excluding hydrogens is 208 g/mol. The summed E-state index contributed by atoms with van der Waals surface area (Å²) >= 11 is 6.46. The van der Waals surface area contributed by atoms with Crippen LogP contribution in [0.3, 0.4) is 0 Å². The van der Waals surface area contributed by atoms with Crippen molar-refractivity contribution in [2.24, 2.45) is 0 Å². The van der Waals surface area contributed by atoms with E-state index in [-0.39, 0.29) is 5.88 Å². The maximum absolute atomic E-state index is 9.51. The van der Waals surface area contributed by atoms with Gasteiger partial charge in [0.1, 0.15) is 0 Å². The fourth-order valence-electron chi connectivity index (χ4n) is 1.31. The number of hydrogen-bond donors (Lipinski definition) is 1. The highest BCUT2D eigenvalue weighted by atomic mass is 32.1. The van der Waals surface area contributed by atoms with E-state index in [2.05, 4.69) is 0 Å². The summed E-state index contributed by atoms with van der Waals surface area (Å²) in [5, 5.41) is 13.2. The second kappa shape index (κ2) is 3.65. The minimum absolute atomic E-state index is 0.219. The summed E-state index contributed by atoms with van der Waals surface area (Å²) in [5.41, 5.74) is 0. The van der Waals surface area contributed by atoms with Crippen LogP contribution in [0.15, 0.2) is 5.38 Å². The van der Waals surface area contributed by atoms with E-state index in [4.69, 9.17) is 17.0 Å². The molecular formula is C7H10N2O2S2. The number of nitrogens with zero attached hydrogens (tertiary/aromatic N) is 2. The Hall–Kier alpha value is -0.590. The minimum Gasteiger partial charge on any atom is -0.493 e.